The third-order valence-electron chi connectivity index (χ3n) is 3.76. The summed E-state index contributed by atoms with van der Waals surface area (Å²) in [5.74, 6) is -0.917. The number of hydrogen-bond acceptors (Lipinski definition) is 5. The summed E-state index contributed by atoms with van der Waals surface area (Å²) in [6.07, 6.45) is 9.18. The highest BCUT2D eigenvalue weighted by molar-refractivity contribution is 5.81. The summed E-state index contributed by atoms with van der Waals surface area (Å²) in [5.41, 5.74) is 0. The van der Waals surface area contributed by atoms with Gasteiger partial charge in [0.15, 0.2) is 0 Å². The molecule has 0 unspecified atom stereocenters. The van der Waals surface area contributed by atoms with Crippen molar-refractivity contribution in [1.82, 2.24) is 5.32 Å². The van der Waals surface area contributed by atoms with Gasteiger partial charge >= 0.3 is 11.9 Å². The molecule has 1 aromatic rings. The molecule has 0 aromatic carbocycles. The summed E-state index contributed by atoms with van der Waals surface area (Å²) in [5, 5.41) is 11.8. The quantitative estimate of drug-likeness (QED) is 0.398. The van der Waals surface area contributed by atoms with Gasteiger partial charge in [-0.2, -0.15) is 0 Å². The van der Waals surface area contributed by atoms with E-state index >= 15 is 0 Å². The first-order chi connectivity index (χ1) is 11.6. The van der Waals surface area contributed by atoms with Gasteiger partial charge in [-0.25, -0.2) is 0 Å². The SMILES string of the molecule is CCCCCCCCCOC(=O)[C@H](CC(=O)O)NCc1ccco1. The van der Waals surface area contributed by atoms with Gasteiger partial charge in [0.05, 0.1) is 25.8 Å². The van der Waals surface area contributed by atoms with Crippen LogP contribution in [0.2, 0.25) is 0 Å². The van der Waals surface area contributed by atoms with E-state index in [0.29, 0.717) is 12.4 Å². The monoisotopic (exact) mass is 339 g/mol. The number of rotatable bonds is 14. The van der Waals surface area contributed by atoms with Crippen LogP contribution in [0.25, 0.3) is 0 Å². The Balaban J connectivity index is 2.22. The van der Waals surface area contributed by atoms with Crippen molar-refractivity contribution in [2.75, 3.05) is 6.61 Å². The van der Waals surface area contributed by atoms with Crippen LogP contribution < -0.4 is 5.32 Å². The second-order valence-corrected chi connectivity index (χ2v) is 5.90. The highest BCUT2D eigenvalue weighted by Crippen LogP contribution is 2.08. The highest BCUT2D eigenvalue weighted by atomic mass is 16.5. The minimum Gasteiger partial charge on any atom is -0.481 e. The fourth-order valence-electron chi connectivity index (χ4n) is 2.38. The molecule has 1 atom stereocenters. The number of aliphatic carboxylic acids is 1. The first kappa shape index (κ1) is 20.2. The molecule has 1 heterocycles. The highest BCUT2D eigenvalue weighted by Gasteiger charge is 2.23. The van der Waals surface area contributed by atoms with E-state index in [1.54, 1.807) is 12.1 Å². The van der Waals surface area contributed by atoms with Gasteiger partial charge in [0.1, 0.15) is 11.8 Å². The van der Waals surface area contributed by atoms with Crippen molar-refractivity contribution in [3.63, 3.8) is 0 Å². The molecule has 0 aliphatic heterocycles. The predicted octanol–water partition coefficient (Wildman–Crippen LogP) is 3.51. The Morgan fingerprint density at radius 2 is 1.92 bits per heavy atom. The molecule has 2 N–H and O–H groups in total. The lowest BCUT2D eigenvalue weighted by molar-refractivity contribution is -0.150. The fraction of sp³-hybridized carbons (Fsp3) is 0.667. The lowest BCUT2D eigenvalue weighted by Crippen LogP contribution is -2.39. The summed E-state index contributed by atoms with van der Waals surface area (Å²) in [4.78, 5) is 22.9. The molecular weight excluding hydrogens is 310 g/mol. The normalized spacial score (nSPS) is 12.0. The number of carbonyl (C=O) groups is 2. The standard InChI is InChI=1S/C18H29NO5/c1-2-3-4-5-6-7-8-11-24-18(22)16(13-17(20)21)19-14-15-10-9-12-23-15/h9-10,12,16,19H,2-8,11,13-14H2,1H3,(H,20,21)/t16-/m0/s1. The first-order valence-corrected chi connectivity index (χ1v) is 8.77. The molecule has 0 aliphatic rings. The van der Waals surface area contributed by atoms with Crippen molar-refractivity contribution in [2.24, 2.45) is 0 Å². The van der Waals surface area contributed by atoms with Crippen LogP contribution in [-0.2, 0) is 20.9 Å². The maximum Gasteiger partial charge on any atom is 0.323 e. The number of nitrogens with one attached hydrogen (secondary N) is 1. The molecule has 0 aliphatic carbocycles. The van der Waals surface area contributed by atoms with Crippen molar-refractivity contribution in [2.45, 2.75) is 70.9 Å². The summed E-state index contributed by atoms with van der Waals surface area (Å²) >= 11 is 0. The van der Waals surface area contributed by atoms with Crippen molar-refractivity contribution in [3.8, 4) is 0 Å². The summed E-state index contributed by atoms with van der Waals surface area (Å²) < 4.78 is 10.4. The maximum atomic E-state index is 12.0. The van der Waals surface area contributed by atoms with Gasteiger partial charge in [-0.15, -0.1) is 0 Å². The smallest absolute Gasteiger partial charge is 0.323 e. The molecule has 0 saturated heterocycles. The number of unbranched alkanes of at least 4 members (excludes halogenated alkanes) is 6. The van der Waals surface area contributed by atoms with Gasteiger partial charge in [-0.05, 0) is 18.6 Å². The van der Waals surface area contributed by atoms with Gasteiger partial charge < -0.3 is 14.3 Å². The van der Waals surface area contributed by atoms with Gasteiger partial charge in [0, 0.05) is 0 Å². The van der Waals surface area contributed by atoms with Gasteiger partial charge in [-0.1, -0.05) is 45.4 Å². The van der Waals surface area contributed by atoms with Crippen LogP contribution in [0.3, 0.4) is 0 Å². The number of carboxylic acid groups (broad SMARTS) is 1. The zero-order chi connectivity index (χ0) is 17.6. The van der Waals surface area contributed by atoms with Crippen LogP contribution in [0.5, 0.6) is 0 Å². The largest absolute Gasteiger partial charge is 0.481 e. The van der Waals surface area contributed by atoms with Gasteiger partial charge in [-0.3, -0.25) is 14.9 Å². The molecule has 24 heavy (non-hydrogen) atoms. The third kappa shape index (κ3) is 9.35. The van der Waals surface area contributed by atoms with E-state index in [-0.39, 0.29) is 13.0 Å². The van der Waals surface area contributed by atoms with Gasteiger partial charge in [0.25, 0.3) is 0 Å². The van der Waals surface area contributed by atoms with Crippen LogP contribution in [-0.4, -0.2) is 29.7 Å². The molecule has 6 heteroatoms. The van der Waals surface area contributed by atoms with Crippen molar-refractivity contribution in [3.05, 3.63) is 24.2 Å². The third-order valence-corrected chi connectivity index (χ3v) is 3.76. The summed E-state index contributed by atoms with van der Waals surface area (Å²) in [6, 6.07) is 2.63. The van der Waals surface area contributed by atoms with E-state index in [1.807, 2.05) is 0 Å². The molecule has 1 aromatic heterocycles. The Labute approximate surface area is 143 Å². The maximum absolute atomic E-state index is 12.0. The van der Waals surface area contributed by atoms with E-state index in [4.69, 9.17) is 14.3 Å². The average Bonchev–Trinajstić information content (AvgIpc) is 3.06. The molecule has 1 rings (SSSR count). The van der Waals surface area contributed by atoms with E-state index in [9.17, 15) is 9.59 Å². The predicted molar refractivity (Wildman–Crippen MR) is 90.5 cm³/mol. The Kier molecular flexibility index (Phi) is 10.6. The van der Waals surface area contributed by atoms with Crippen LogP contribution in [0, 0.1) is 0 Å². The fourth-order valence-corrected chi connectivity index (χ4v) is 2.38. The minimum absolute atomic E-state index is 0.289. The molecule has 0 radical (unpaired) electrons. The number of esters is 1. The molecular formula is C18H29NO5. The van der Waals surface area contributed by atoms with Crippen LogP contribution in [0.4, 0.5) is 0 Å². The first-order valence-electron chi connectivity index (χ1n) is 8.77. The number of carboxylic acids is 1. The van der Waals surface area contributed by atoms with Crippen molar-refractivity contribution < 1.29 is 23.8 Å². The molecule has 0 fully saturated rings. The molecule has 0 bridgehead atoms. The van der Waals surface area contributed by atoms with Crippen LogP contribution in [0.15, 0.2) is 22.8 Å². The van der Waals surface area contributed by atoms with Crippen molar-refractivity contribution >= 4 is 11.9 Å². The zero-order valence-corrected chi connectivity index (χ0v) is 14.5. The van der Waals surface area contributed by atoms with E-state index in [2.05, 4.69) is 12.2 Å². The molecule has 0 spiro atoms. The number of carbonyl (C=O) groups excluding carboxylic acids is 1. The molecule has 136 valence electrons. The second kappa shape index (κ2) is 12.6. The Bertz CT molecular complexity index is 458. The topological polar surface area (TPSA) is 88.8 Å². The second-order valence-electron chi connectivity index (χ2n) is 5.90. The number of ether oxygens (including phenoxy) is 1. The number of furan rings is 1. The lowest BCUT2D eigenvalue weighted by atomic mass is 10.1. The molecule has 0 amide bonds. The van der Waals surface area contributed by atoms with E-state index in [1.165, 1.54) is 31.9 Å². The van der Waals surface area contributed by atoms with Gasteiger partial charge in [0.2, 0.25) is 0 Å². The Hall–Kier alpha value is -1.82. The van der Waals surface area contributed by atoms with E-state index < -0.39 is 18.0 Å². The summed E-state index contributed by atoms with van der Waals surface area (Å²) in [7, 11) is 0. The lowest BCUT2D eigenvalue weighted by Gasteiger charge is -2.15. The average molecular weight is 339 g/mol. The van der Waals surface area contributed by atoms with Crippen molar-refractivity contribution in [1.29, 1.82) is 0 Å². The summed E-state index contributed by atoms with van der Waals surface area (Å²) in [6.45, 7) is 2.82. The van der Waals surface area contributed by atoms with Crippen LogP contribution in [0.1, 0.15) is 64.1 Å². The zero-order valence-electron chi connectivity index (χ0n) is 14.5. The number of hydrogen-bond donors (Lipinski definition) is 2. The molecule has 0 saturated carbocycles. The van der Waals surface area contributed by atoms with E-state index in [0.717, 1.165) is 19.3 Å². The van der Waals surface area contributed by atoms with Crippen LogP contribution >= 0.6 is 0 Å². The Morgan fingerprint density at radius 3 is 2.54 bits per heavy atom. The Morgan fingerprint density at radius 1 is 1.21 bits per heavy atom. The molecule has 6 nitrogen and oxygen atoms in total. The minimum atomic E-state index is -1.04.